The summed E-state index contributed by atoms with van der Waals surface area (Å²) in [6.07, 6.45) is 25.8. The van der Waals surface area contributed by atoms with Crippen LogP contribution >= 0.6 is 7.60 Å². The first kappa shape index (κ1) is 36.8. The van der Waals surface area contributed by atoms with Gasteiger partial charge in [-0.1, -0.05) is 96.6 Å². The molecule has 0 fully saturated rings. The van der Waals surface area contributed by atoms with Crippen molar-refractivity contribution in [2.24, 2.45) is 0 Å². The highest BCUT2D eigenvalue weighted by molar-refractivity contribution is 7.51. The van der Waals surface area contributed by atoms with Gasteiger partial charge in [-0.05, 0) is 32.1 Å². The maximum absolute atomic E-state index is 12.6. The number of hydrogen-bond donors (Lipinski definition) is 0. The van der Waals surface area contributed by atoms with Crippen LogP contribution < -0.4 is 4.89 Å². The van der Waals surface area contributed by atoms with E-state index in [9.17, 15) is 9.46 Å². The minimum Gasteiger partial charge on any atom is -0.774 e. The summed E-state index contributed by atoms with van der Waals surface area (Å²) in [6.45, 7) is 5.17. The first-order valence-corrected chi connectivity index (χ1v) is 16.8. The van der Waals surface area contributed by atoms with E-state index in [1.165, 1.54) is 96.3 Å². The lowest BCUT2D eigenvalue weighted by molar-refractivity contribution is -0.884. The molecule has 0 radical (unpaired) electrons. The van der Waals surface area contributed by atoms with Crippen LogP contribution in [0, 0.1) is 0 Å². The van der Waals surface area contributed by atoms with E-state index in [0.717, 1.165) is 6.42 Å². The molecule has 0 saturated carbocycles. The zero-order chi connectivity index (χ0) is 27.8. The van der Waals surface area contributed by atoms with Crippen molar-refractivity contribution in [3.05, 3.63) is 12.2 Å². The second-order valence-corrected chi connectivity index (χ2v) is 13.4. The predicted octanol–water partition coefficient (Wildman–Crippen LogP) is 7.85. The van der Waals surface area contributed by atoms with Crippen molar-refractivity contribution in [2.75, 3.05) is 48.1 Å². The summed E-state index contributed by atoms with van der Waals surface area (Å²) < 4.78 is 29.3. The van der Waals surface area contributed by atoms with Gasteiger partial charge in [0.25, 0.3) is 0 Å². The molecule has 0 aliphatic heterocycles. The molecule has 0 rings (SSSR count). The van der Waals surface area contributed by atoms with Crippen LogP contribution in [-0.4, -0.2) is 64.4 Å². The fourth-order valence-electron chi connectivity index (χ4n) is 4.67. The van der Waals surface area contributed by atoms with Crippen LogP contribution in [0.1, 0.15) is 123 Å². The average molecular weight is 548 g/mol. The molecule has 0 aliphatic carbocycles. The molecule has 0 aromatic carbocycles. The number of allylic oxidation sites excluding steroid dienone is 2. The number of hydrogen-bond acceptors (Lipinski definition) is 5. The molecule has 0 saturated heterocycles. The lowest BCUT2D eigenvalue weighted by Crippen LogP contribution is -2.47. The summed E-state index contributed by atoms with van der Waals surface area (Å²) >= 11 is 0. The minimum absolute atomic E-state index is 0.00316. The lowest BCUT2D eigenvalue weighted by Gasteiger charge is -2.41. The van der Waals surface area contributed by atoms with Crippen LogP contribution in [0.3, 0.4) is 0 Å². The zero-order valence-electron chi connectivity index (χ0n) is 25.4. The van der Waals surface area contributed by atoms with E-state index in [1.807, 2.05) is 28.1 Å². The standard InChI is InChI=1S/C30H62NO5P/c1-7-9-10-11-12-13-14-15-16-17-18-19-20-21-22-23-24-25-26-35-27-29(34-6)28-36-37(32,33)30(8-2)31(3,4)5/h14-15,29-30H,7-13,16-28H2,1-6H3/b15-14-/t29-,30?/m1/s1. The molecular formula is C30H62NO5P. The van der Waals surface area contributed by atoms with Crippen LogP contribution in [-0.2, 0) is 18.6 Å². The Labute approximate surface area is 230 Å². The Bertz CT molecular complexity index is 579. The Morgan fingerprint density at radius 1 is 0.757 bits per heavy atom. The van der Waals surface area contributed by atoms with Gasteiger partial charge in [0.1, 0.15) is 6.10 Å². The van der Waals surface area contributed by atoms with Gasteiger partial charge in [0.05, 0.1) is 34.4 Å². The highest BCUT2D eigenvalue weighted by Crippen LogP contribution is 2.47. The predicted molar refractivity (Wildman–Crippen MR) is 156 cm³/mol. The summed E-state index contributed by atoms with van der Waals surface area (Å²) in [5, 5.41) is 0. The first-order valence-electron chi connectivity index (χ1n) is 15.2. The van der Waals surface area contributed by atoms with E-state index < -0.39 is 13.4 Å². The third-order valence-electron chi connectivity index (χ3n) is 7.00. The van der Waals surface area contributed by atoms with E-state index in [2.05, 4.69) is 19.1 Å². The Balaban J connectivity index is 3.61. The lowest BCUT2D eigenvalue weighted by atomic mass is 10.1. The van der Waals surface area contributed by atoms with Crippen LogP contribution in [0.25, 0.3) is 0 Å². The van der Waals surface area contributed by atoms with Crippen molar-refractivity contribution in [3.8, 4) is 0 Å². The van der Waals surface area contributed by atoms with E-state index in [0.29, 0.717) is 24.1 Å². The molecule has 0 aromatic rings. The van der Waals surface area contributed by atoms with Crippen molar-refractivity contribution in [3.63, 3.8) is 0 Å². The summed E-state index contributed by atoms with van der Waals surface area (Å²) in [7, 11) is 3.19. The summed E-state index contributed by atoms with van der Waals surface area (Å²) in [5.41, 5.74) is 0. The van der Waals surface area contributed by atoms with Gasteiger partial charge in [-0.2, -0.15) is 0 Å². The largest absolute Gasteiger partial charge is 0.774 e. The molecule has 37 heavy (non-hydrogen) atoms. The number of methoxy groups -OCH3 is 1. The van der Waals surface area contributed by atoms with Gasteiger partial charge in [-0.3, -0.25) is 0 Å². The van der Waals surface area contributed by atoms with Crippen molar-refractivity contribution in [1.29, 1.82) is 0 Å². The van der Waals surface area contributed by atoms with Crippen molar-refractivity contribution in [1.82, 2.24) is 0 Å². The summed E-state index contributed by atoms with van der Waals surface area (Å²) in [6, 6.07) is 0. The Morgan fingerprint density at radius 3 is 1.70 bits per heavy atom. The molecule has 0 aromatic heterocycles. The maximum atomic E-state index is 12.6. The minimum atomic E-state index is -3.99. The van der Waals surface area contributed by atoms with Crippen molar-refractivity contribution >= 4 is 7.60 Å². The van der Waals surface area contributed by atoms with Gasteiger partial charge in [0, 0.05) is 20.1 Å². The molecule has 0 amide bonds. The molecule has 0 aliphatic rings. The van der Waals surface area contributed by atoms with Gasteiger partial charge in [-0.15, -0.1) is 0 Å². The van der Waals surface area contributed by atoms with Gasteiger partial charge in [-0.25, -0.2) is 0 Å². The number of ether oxygens (including phenoxy) is 2. The molecule has 0 bridgehead atoms. The second kappa shape index (κ2) is 23.6. The monoisotopic (exact) mass is 547 g/mol. The third-order valence-corrected chi connectivity index (χ3v) is 9.30. The van der Waals surface area contributed by atoms with E-state index in [4.69, 9.17) is 14.0 Å². The normalized spacial score (nSPS) is 15.8. The Kier molecular flexibility index (Phi) is 23.5. The number of nitrogens with zero attached hydrogens (tertiary/aromatic N) is 1. The number of quaternary nitrogens is 1. The molecule has 7 heteroatoms. The number of unbranched alkanes of at least 4 members (excludes halogenated alkanes) is 14. The van der Waals surface area contributed by atoms with Crippen LogP contribution in [0.5, 0.6) is 0 Å². The van der Waals surface area contributed by atoms with Crippen LogP contribution in [0.4, 0.5) is 0 Å². The molecule has 0 heterocycles. The topological polar surface area (TPSA) is 67.8 Å². The van der Waals surface area contributed by atoms with E-state index >= 15 is 0 Å². The SMILES string of the molecule is CCCCCCC/C=C\CCCCCCCCCCCOC[C@H](COP(=O)([O-])C(CC)[N+](C)(C)C)OC. The molecule has 222 valence electrons. The fraction of sp³-hybridized carbons (Fsp3) is 0.933. The van der Waals surface area contributed by atoms with E-state index in [-0.39, 0.29) is 12.7 Å². The summed E-state index contributed by atoms with van der Waals surface area (Å²) in [5.74, 6) is -0.567. The van der Waals surface area contributed by atoms with Gasteiger partial charge in [0.2, 0.25) is 0 Å². The summed E-state index contributed by atoms with van der Waals surface area (Å²) in [4.78, 5) is 12.6. The number of rotatable bonds is 27. The Morgan fingerprint density at radius 2 is 1.24 bits per heavy atom. The fourth-order valence-corrected chi connectivity index (χ4v) is 6.51. The zero-order valence-corrected chi connectivity index (χ0v) is 26.3. The molecule has 2 unspecified atom stereocenters. The molecular weight excluding hydrogens is 485 g/mol. The third kappa shape index (κ3) is 21.3. The quantitative estimate of drug-likeness (QED) is 0.0453. The molecule has 3 atom stereocenters. The van der Waals surface area contributed by atoms with Gasteiger partial charge >= 0.3 is 0 Å². The van der Waals surface area contributed by atoms with Gasteiger partial charge < -0.3 is 27.9 Å². The molecule has 0 N–H and O–H groups in total. The molecule has 6 nitrogen and oxygen atoms in total. The van der Waals surface area contributed by atoms with Crippen molar-refractivity contribution in [2.45, 2.75) is 135 Å². The highest BCUT2D eigenvalue weighted by Gasteiger charge is 2.34. The Hall–Kier alpha value is -0.230. The highest BCUT2D eigenvalue weighted by atomic mass is 31.2. The van der Waals surface area contributed by atoms with Crippen LogP contribution in [0.15, 0.2) is 12.2 Å². The first-order chi connectivity index (χ1) is 17.7. The van der Waals surface area contributed by atoms with E-state index in [1.54, 1.807) is 7.11 Å². The maximum Gasteiger partial charge on any atom is 0.193 e. The van der Waals surface area contributed by atoms with Gasteiger partial charge in [0.15, 0.2) is 13.4 Å². The second-order valence-electron chi connectivity index (χ2n) is 11.4. The average Bonchev–Trinajstić information content (AvgIpc) is 2.84. The van der Waals surface area contributed by atoms with Crippen LogP contribution in [0.2, 0.25) is 0 Å². The molecule has 0 spiro atoms. The van der Waals surface area contributed by atoms with Crippen molar-refractivity contribution < 1.29 is 27.9 Å². The smallest absolute Gasteiger partial charge is 0.193 e.